The molecule has 2 aromatic carbocycles. The highest BCUT2D eigenvalue weighted by molar-refractivity contribution is 5.46. The third kappa shape index (κ3) is 2.46. The first-order chi connectivity index (χ1) is 11.8. The minimum atomic E-state index is -0.0179. The lowest BCUT2D eigenvalue weighted by molar-refractivity contribution is 0.0818. The van der Waals surface area contributed by atoms with Gasteiger partial charge < -0.3 is 9.67 Å². The van der Waals surface area contributed by atoms with Gasteiger partial charge in [0.05, 0.1) is 18.3 Å². The molecule has 4 rings (SSSR count). The summed E-state index contributed by atoms with van der Waals surface area (Å²) in [5.41, 5.74) is 4.93. The van der Waals surface area contributed by atoms with E-state index >= 15 is 0 Å². The van der Waals surface area contributed by atoms with Crippen LogP contribution in [0, 0.1) is 0 Å². The first-order valence-corrected chi connectivity index (χ1v) is 8.46. The third-order valence-electron chi connectivity index (χ3n) is 5.08. The van der Waals surface area contributed by atoms with Crippen LogP contribution in [0.2, 0.25) is 0 Å². The van der Waals surface area contributed by atoms with Crippen molar-refractivity contribution in [2.45, 2.75) is 25.6 Å². The molecule has 2 atom stereocenters. The molecule has 1 aliphatic heterocycles. The predicted molar refractivity (Wildman–Crippen MR) is 96.0 cm³/mol. The number of fused-ring (bicyclic) bond motifs is 3. The van der Waals surface area contributed by atoms with Crippen LogP contribution in [-0.2, 0) is 6.54 Å². The molecule has 1 aliphatic rings. The maximum absolute atomic E-state index is 10.1. The minimum absolute atomic E-state index is 0.0179. The Bertz CT molecular complexity index is 825. The summed E-state index contributed by atoms with van der Waals surface area (Å²) in [6.45, 7) is 3.15. The summed E-state index contributed by atoms with van der Waals surface area (Å²) in [6, 6.07) is 23.3. The summed E-state index contributed by atoms with van der Waals surface area (Å²) in [5, 5.41) is 10.1. The molecule has 0 spiro atoms. The molecule has 0 fully saturated rings. The smallest absolute Gasteiger partial charge is 0.0628 e. The summed E-state index contributed by atoms with van der Waals surface area (Å²) >= 11 is 0. The summed E-state index contributed by atoms with van der Waals surface area (Å²) in [5.74, 6) is 0. The average molecular weight is 318 g/mol. The van der Waals surface area contributed by atoms with Crippen molar-refractivity contribution in [2.24, 2.45) is 0 Å². The summed E-state index contributed by atoms with van der Waals surface area (Å²) < 4.78 is 2.27. The highest BCUT2D eigenvalue weighted by Gasteiger charge is 2.30. The zero-order chi connectivity index (χ0) is 16.5. The number of rotatable bonds is 3. The molecular formula is C21H22N2O. The molecule has 0 saturated carbocycles. The van der Waals surface area contributed by atoms with Crippen molar-refractivity contribution in [1.29, 1.82) is 0 Å². The Morgan fingerprint density at radius 2 is 1.75 bits per heavy atom. The van der Waals surface area contributed by atoms with Crippen LogP contribution < -0.4 is 0 Å². The third-order valence-corrected chi connectivity index (χ3v) is 5.08. The van der Waals surface area contributed by atoms with Gasteiger partial charge in [0.15, 0.2) is 0 Å². The van der Waals surface area contributed by atoms with Gasteiger partial charge in [-0.05, 0) is 36.2 Å². The predicted octanol–water partition coefficient (Wildman–Crippen LogP) is 4.09. The highest BCUT2D eigenvalue weighted by atomic mass is 16.3. The monoisotopic (exact) mass is 318 g/mol. The molecule has 0 aliphatic carbocycles. The van der Waals surface area contributed by atoms with Crippen LogP contribution in [0.5, 0.6) is 0 Å². The van der Waals surface area contributed by atoms with E-state index in [-0.39, 0.29) is 18.7 Å². The quantitative estimate of drug-likeness (QED) is 0.788. The van der Waals surface area contributed by atoms with Gasteiger partial charge in [0.25, 0.3) is 0 Å². The van der Waals surface area contributed by atoms with Gasteiger partial charge >= 0.3 is 0 Å². The molecule has 1 N–H and O–H groups in total. The van der Waals surface area contributed by atoms with Crippen LogP contribution >= 0.6 is 0 Å². The van der Waals surface area contributed by atoms with Crippen molar-refractivity contribution in [1.82, 2.24) is 9.47 Å². The molecule has 0 unspecified atom stereocenters. The van der Waals surface area contributed by atoms with E-state index in [1.807, 2.05) is 18.2 Å². The van der Waals surface area contributed by atoms with Crippen LogP contribution in [0.15, 0.2) is 72.9 Å². The largest absolute Gasteiger partial charge is 0.394 e. The van der Waals surface area contributed by atoms with Crippen molar-refractivity contribution in [3.8, 4) is 5.69 Å². The standard InChI is InChI=1S/C21H22N2O/c1-16-19-11-5-6-12-20(19)22-13-7-10-18(22)14-23(16)21(15-24)17-8-3-2-4-9-17/h2-13,16,21,24H,14-15H2,1H3/t16-,21+/m1/s1. The van der Waals surface area contributed by atoms with E-state index in [9.17, 15) is 5.11 Å². The van der Waals surface area contributed by atoms with Gasteiger partial charge in [-0.3, -0.25) is 4.90 Å². The van der Waals surface area contributed by atoms with E-state index in [1.54, 1.807) is 0 Å². The highest BCUT2D eigenvalue weighted by Crippen LogP contribution is 2.37. The van der Waals surface area contributed by atoms with Gasteiger partial charge in [-0.25, -0.2) is 0 Å². The number of benzene rings is 2. The number of aliphatic hydroxyl groups excluding tert-OH is 1. The first kappa shape index (κ1) is 15.2. The number of hydrogen-bond donors (Lipinski definition) is 1. The number of para-hydroxylation sites is 1. The summed E-state index contributed by atoms with van der Waals surface area (Å²) in [4.78, 5) is 2.40. The lowest BCUT2D eigenvalue weighted by Gasteiger charge is -2.35. The van der Waals surface area contributed by atoms with Crippen molar-refractivity contribution in [3.63, 3.8) is 0 Å². The molecule has 3 nitrogen and oxygen atoms in total. The Balaban J connectivity index is 1.83. The molecule has 2 heterocycles. The van der Waals surface area contributed by atoms with Crippen LogP contribution in [-0.4, -0.2) is 21.2 Å². The number of aromatic nitrogens is 1. The molecule has 0 saturated heterocycles. The van der Waals surface area contributed by atoms with Gasteiger partial charge in [-0.15, -0.1) is 0 Å². The Kier molecular flexibility index (Phi) is 3.97. The lowest BCUT2D eigenvalue weighted by Crippen LogP contribution is -2.32. The van der Waals surface area contributed by atoms with Crippen LogP contribution in [0.4, 0.5) is 0 Å². The summed E-state index contributed by atoms with van der Waals surface area (Å²) in [6.07, 6.45) is 2.13. The van der Waals surface area contributed by atoms with E-state index in [2.05, 4.69) is 71.1 Å². The van der Waals surface area contributed by atoms with Gasteiger partial charge in [0, 0.05) is 24.5 Å². The molecule has 24 heavy (non-hydrogen) atoms. The molecule has 3 aromatic rings. The van der Waals surface area contributed by atoms with Gasteiger partial charge in [0.1, 0.15) is 0 Å². The van der Waals surface area contributed by atoms with E-state index in [1.165, 1.54) is 16.9 Å². The van der Waals surface area contributed by atoms with Crippen molar-refractivity contribution < 1.29 is 5.11 Å². The normalized spacial score (nSPS) is 18.5. The minimum Gasteiger partial charge on any atom is -0.394 e. The Morgan fingerprint density at radius 3 is 2.54 bits per heavy atom. The average Bonchev–Trinajstić information content (AvgIpc) is 3.06. The number of hydrogen-bond acceptors (Lipinski definition) is 2. The van der Waals surface area contributed by atoms with E-state index in [0.717, 1.165) is 12.1 Å². The molecule has 122 valence electrons. The number of aliphatic hydroxyl groups is 1. The topological polar surface area (TPSA) is 28.4 Å². The maximum atomic E-state index is 10.1. The molecule has 0 bridgehead atoms. The first-order valence-electron chi connectivity index (χ1n) is 8.46. The summed E-state index contributed by atoms with van der Waals surface area (Å²) in [7, 11) is 0. The zero-order valence-corrected chi connectivity index (χ0v) is 13.8. The molecule has 3 heteroatoms. The fourth-order valence-corrected chi connectivity index (χ4v) is 3.80. The second kappa shape index (κ2) is 6.27. The zero-order valence-electron chi connectivity index (χ0n) is 13.8. The lowest BCUT2D eigenvalue weighted by atomic mass is 10.00. The Labute approximate surface area is 142 Å². The number of nitrogens with zero attached hydrogens (tertiary/aromatic N) is 2. The second-order valence-corrected chi connectivity index (χ2v) is 6.39. The van der Waals surface area contributed by atoms with Crippen molar-refractivity contribution in [2.75, 3.05) is 6.61 Å². The molecule has 1 aromatic heterocycles. The molecule has 0 radical (unpaired) electrons. The van der Waals surface area contributed by atoms with E-state index in [4.69, 9.17) is 0 Å². The van der Waals surface area contributed by atoms with Gasteiger partial charge in [0.2, 0.25) is 0 Å². The molecular weight excluding hydrogens is 296 g/mol. The van der Waals surface area contributed by atoms with E-state index in [0.29, 0.717) is 0 Å². The van der Waals surface area contributed by atoms with Crippen LogP contribution in [0.25, 0.3) is 5.69 Å². The van der Waals surface area contributed by atoms with E-state index < -0.39 is 0 Å². The fraction of sp³-hybridized carbons (Fsp3) is 0.238. The van der Waals surface area contributed by atoms with Gasteiger partial charge in [-0.1, -0.05) is 48.5 Å². The van der Waals surface area contributed by atoms with Crippen molar-refractivity contribution in [3.05, 3.63) is 89.7 Å². The van der Waals surface area contributed by atoms with Gasteiger partial charge in [-0.2, -0.15) is 0 Å². The van der Waals surface area contributed by atoms with Crippen LogP contribution in [0.3, 0.4) is 0 Å². The maximum Gasteiger partial charge on any atom is 0.0628 e. The molecule has 0 amide bonds. The van der Waals surface area contributed by atoms with Crippen molar-refractivity contribution >= 4 is 0 Å². The fourth-order valence-electron chi connectivity index (χ4n) is 3.80. The Hall–Kier alpha value is -2.36. The van der Waals surface area contributed by atoms with Crippen LogP contribution in [0.1, 0.15) is 35.8 Å². The second-order valence-electron chi connectivity index (χ2n) is 6.39. The SMILES string of the molecule is C[C@@H]1c2ccccc2-n2cccc2CN1[C@@H](CO)c1ccccc1. The Morgan fingerprint density at radius 1 is 1.00 bits per heavy atom.